The molecule has 4 nitrogen and oxygen atoms in total. The van der Waals surface area contributed by atoms with Gasteiger partial charge < -0.3 is 14.8 Å². The van der Waals surface area contributed by atoms with Crippen LogP contribution in [0.1, 0.15) is 32.3 Å². The zero-order valence-corrected chi connectivity index (χ0v) is 12.6. The third-order valence-corrected chi connectivity index (χ3v) is 3.38. The molecule has 2 rings (SSSR count). The number of anilines is 1. The summed E-state index contributed by atoms with van der Waals surface area (Å²) in [5.41, 5.74) is 1.79. The van der Waals surface area contributed by atoms with E-state index in [1.54, 1.807) is 0 Å². The molecule has 5 heteroatoms. The summed E-state index contributed by atoms with van der Waals surface area (Å²) in [7, 11) is 0. The summed E-state index contributed by atoms with van der Waals surface area (Å²) in [6.45, 7) is 4.50. The normalized spacial score (nSPS) is 16.4. The maximum atomic E-state index is 11.8. The Labute approximate surface area is 124 Å². The molecule has 0 radical (unpaired) electrons. The Balaban J connectivity index is 2.18. The molecule has 1 amide bonds. The highest BCUT2D eigenvalue weighted by Gasteiger charge is 2.22. The maximum Gasteiger partial charge on any atom is 0.224 e. The molecule has 1 aliphatic rings. The number of alkyl halides is 1. The van der Waals surface area contributed by atoms with E-state index in [0.717, 1.165) is 17.7 Å². The molecule has 0 fully saturated rings. The van der Waals surface area contributed by atoms with Crippen molar-refractivity contribution in [3.05, 3.63) is 17.7 Å². The SMILES string of the molecule is CCOc1cc2c(cc1NC(=O)CCCCl)OC(C)C2. The van der Waals surface area contributed by atoms with Crippen LogP contribution in [0.2, 0.25) is 0 Å². The first-order valence-electron chi connectivity index (χ1n) is 6.96. The summed E-state index contributed by atoms with van der Waals surface area (Å²) in [6, 6.07) is 3.81. The van der Waals surface area contributed by atoms with Gasteiger partial charge in [0.1, 0.15) is 17.6 Å². The average Bonchev–Trinajstić information content (AvgIpc) is 2.76. The van der Waals surface area contributed by atoms with Crippen LogP contribution in [0.4, 0.5) is 5.69 Å². The Morgan fingerprint density at radius 3 is 3.05 bits per heavy atom. The van der Waals surface area contributed by atoms with Crippen molar-refractivity contribution in [3.63, 3.8) is 0 Å². The Morgan fingerprint density at radius 2 is 2.35 bits per heavy atom. The number of ether oxygens (including phenoxy) is 2. The Kier molecular flexibility index (Phi) is 5.12. The van der Waals surface area contributed by atoms with E-state index in [2.05, 4.69) is 5.32 Å². The van der Waals surface area contributed by atoms with Crippen LogP contribution in [0.15, 0.2) is 12.1 Å². The van der Waals surface area contributed by atoms with E-state index in [1.807, 2.05) is 26.0 Å². The van der Waals surface area contributed by atoms with Crippen molar-refractivity contribution in [2.75, 3.05) is 17.8 Å². The summed E-state index contributed by atoms with van der Waals surface area (Å²) < 4.78 is 11.3. The van der Waals surface area contributed by atoms with Crippen LogP contribution in [-0.4, -0.2) is 24.5 Å². The molecule has 1 heterocycles. The van der Waals surface area contributed by atoms with Gasteiger partial charge >= 0.3 is 0 Å². The first kappa shape index (κ1) is 15.0. The topological polar surface area (TPSA) is 47.6 Å². The van der Waals surface area contributed by atoms with E-state index in [0.29, 0.717) is 36.8 Å². The van der Waals surface area contributed by atoms with Gasteiger partial charge in [0.15, 0.2) is 0 Å². The van der Waals surface area contributed by atoms with Crippen LogP contribution < -0.4 is 14.8 Å². The molecule has 0 spiro atoms. The fraction of sp³-hybridized carbons (Fsp3) is 0.533. The number of carbonyl (C=O) groups excluding carboxylic acids is 1. The highest BCUT2D eigenvalue weighted by molar-refractivity contribution is 6.18. The van der Waals surface area contributed by atoms with Gasteiger partial charge in [-0.25, -0.2) is 0 Å². The lowest BCUT2D eigenvalue weighted by molar-refractivity contribution is -0.116. The quantitative estimate of drug-likeness (QED) is 0.819. The van der Waals surface area contributed by atoms with Crippen LogP contribution >= 0.6 is 11.6 Å². The summed E-state index contributed by atoms with van der Waals surface area (Å²) >= 11 is 5.60. The monoisotopic (exact) mass is 297 g/mol. The average molecular weight is 298 g/mol. The smallest absolute Gasteiger partial charge is 0.224 e. The lowest BCUT2D eigenvalue weighted by Crippen LogP contribution is -2.12. The van der Waals surface area contributed by atoms with Gasteiger partial charge in [0.2, 0.25) is 5.91 Å². The molecule has 1 atom stereocenters. The number of rotatable bonds is 6. The second-order valence-electron chi connectivity index (χ2n) is 4.86. The molecule has 0 aliphatic carbocycles. The highest BCUT2D eigenvalue weighted by Crippen LogP contribution is 2.38. The van der Waals surface area contributed by atoms with Gasteiger partial charge in [-0.15, -0.1) is 11.6 Å². The van der Waals surface area contributed by atoms with E-state index in [4.69, 9.17) is 21.1 Å². The summed E-state index contributed by atoms with van der Waals surface area (Å²) in [5.74, 6) is 1.95. The molecule has 20 heavy (non-hydrogen) atoms. The zero-order chi connectivity index (χ0) is 14.5. The fourth-order valence-electron chi connectivity index (χ4n) is 2.25. The molecule has 0 bridgehead atoms. The van der Waals surface area contributed by atoms with E-state index < -0.39 is 0 Å². The van der Waals surface area contributed by atoms with E-state index >= 15 is 0 Å². The predicted octanol–water partition coefficient (Wildman–Crippen LogP) is 3.37. The molecule has 1 unspecified atom stereocenters. The number of fused-ring (bicyclic) bond motifs is 1. The van der Waals surface area contributed by atoms with Gasteiger partial charge in [0.05, 0.1) is 12.3 Å². The molecular formula is C15H20ClNO3. The van der Waals surface area contributed by atoms with Crippen LogP contribution in [-0.2, 0) is 11.2 Å². The number of halogens is 1. The lowest BCUT2D eigenvalue weighted by Gasteiger charge is -2.13. The summed E-state index contributed by atoms with van der Waals surface area (Å²) in [6.07, 6.45) is 2.11. The largest absolute Gasteiger partial charge is 0.492 e. The minimum atomic E-state index is -0.0578. The lowest BCUT2D eigenvalue weighted by atomic mass is 10.1. The summed E-state index contributed by atoms with van der Waals surface area (Å²) in [4.78, 5) is 11.8. The van der Waals surface area contributed by atoms with E-state index in [9.17, 15) is 4.79 Å². The molecule has 110 valence electrons. The number of hydrogen-bond donors (Lipinski definition) is 1. The number of amides is 1. The van der Waals surface area contributed by atoms with Gasteiger partial charge in [0.25, 0.3) is 0 Å². The first-order chi connectivity index (χ1) is 9.63. The Morgan fingerprint density at radius 1 is 1.55 bits per heavy atom. The molecule has 1 aromatic rings. The molecule has 0 aromatic heterocycles. The fourth-order valence-corrected chi connectivity index (χ4v) is 2.39. The third kappa shape index (κ3) is 3.57. The Bertz CT molecular complexity index is 490. The van der Waals surface area contributed by atoms with Gasteiger partial charge in [0, 0.05) is 30.4 Å². The number of carbonyl (C=O) groups is 1. The standard InChI is InChI=1S/C15H20ClNO3/c1-3-19-14-8-11-7-10(2)20-13(11)9-12(14)17-15(18)5-4-6-16/h8-10H,3-7H2,1-2H3,(H,17,18). The Hall–Kier alpha value is -1.42. The van der Waals surface area contributed by atoms with Crippen molar-refractivity contribution in [3.8, 4) is 11.5 Å². The van der Waals surface area contributed by atoms with Gasteiger partial charge in [-0.1, -0.05) is 0 Å². The minimum absolute atomic E-state index is 0.0578. The number of nitrogens with one attached hydrogen (secondary N) is 1. The van der Waals surface area contributed by atoms with E-state index in [-0.39, 0.29) is 12.0 Å². The van der Waals surface area contributed by atoms with Crippen LogP contribution in [0.5, 0.6) is 11.5 Å². The molecule has 0 saturated heterocycles. The first-order valence-corrected chi connectivity index (χ1v) is 7.49. The zero-order valence-electron chi connectivity index (χ0n) is 11.9. The molecule has 1 aliphatic heterocycles. The van der Waals surface area contributed by atoms with Crippen molar-refractivity contribution in [1.82, 2.24) is 0 Å². The minimum Gasteiger partial charge on any atom is -0.492 e. The van der Waals surface area contributed by atoms with Gasteiger partial charge in [-0.3, -0.25) is 4.79 Å². The van der Waals surface area contributed by atoms with Crippen molar-refractivity contribution >= 4 is 23.2 Å². The summed E-state index contributed by atoms with van der Waals surface area (Å²) in [5, 5.41) is 2.87. The second kappa shape index (κ2) is 6.84. The molecule has 1 aromatic carbocycles. The maximum absolute atomic E-state index is 11.8. The van der Waals surface area contributed by atoms with Crippen LogP contribution in [0.25, 0.3) is 0 Å². The highest BCUT2D eigenvalue weighted by atomic mass is 35.5. The number of hydrogen-bond acceptors (Lipinski definition) is 3. The van der Waals surface area contributed by atoms with Crippen molar-refractivity contribution < 1.29 is 14.3 Å². The van der Waals surface area contributed by atoms with Crippen molar-refractivity contribution in [1.29, 1.82) is 0 Å². The van der Waals surface area contributed by atoms with Crippen LogP contribution in [0, 0.1) is 0 Å². The van der Waals surface area contributed by atoms with Crippen molar-refractivity contribution in [2.45, 2.75) is 39.2 Å². The number of benzene rings is 1. The van der Waals surface area contributed by atoms with Gasteiger partial charge in [-0.2, -0.15) is 0 Å². The molecule has 1 N–H and O–H groups in total. The van der Waals surface area contributed by atoms with E-state index in [1.165, 1.54) is 0 Å². The molecular weight excluding hydrogens is 278 g/mol. The molecule has 0 saturated carbocycles. The van der Waals surface area contributed by atoms with Gasteiger partial charge in [-0.05, 0) is 26.3 Å². The predicted molar refractivity (Wildman–Crippen MR) is 80.0 cm³/mol. The second-order valence-corrected chi connectivity index (χ2v) is 5.24. The third-order valence-electron chi connectivity index (χ3n) is 3.11. The van der Waals surface area contributed by atoms with Crippen molar-refractivity contribution in [2.24, 2.45) is 0 Å². The van der Waals surface area contributed by atoms with Crippen LogP contribution in [0.3, 0.4) is 0 Å².